The monoisotopic (exact) mass is 1840 g/mol. The van der Waals surface area contributed by atoms with Crippen molar-refractivity contribution in [3.8, 4) is 0 Å². The highest BCUT2D eigenvalue weighted by atomic mass is 16.8. The zero-order valence-electron chi connectivity index (χ0n) is 67.8. The van der Waals surface area contributed by atoms with Gasteiger partial charge in [-0.2, -0.15) is 0 Å². The van der Waals surface area contributed by atoms with Crippen LogP contribution in [0.1, 0.15) is 34.6 Å². The van der Waals surface area contributed by atoms with Crippen molar-refractivity contribution in [2.45, 2.75) is 341 Å². The lowest BCUT2D eigenvalue weighted by Crippen LogP contribution is -2.70. The highest BCUT2D eigenvalue weighted by Crippen LogP contribution is 2.41. The zero-order valence-corrected chi connectivity index (χ0v) is 67.8. The van der Waals surface area contributed by atoms with Crippen LogP contribution in [0.2, 0.25) is 0 Å². The summed E-state index contributed by atoms with van der Waals surface area (Å²) in [5, 5.41) is 315. The molecule has 10 saturated heterocycles. The van der Waals surface area contributed by atoms with E-state index in [9.17, 15) is 162 Å². The van der Waals surface area contributed by atoms with Crippen LogP contribution >= 0.6 is 0 Å². The molecule has 0 unspecified atom stereocenters. The van der Waals surface area contributed by atoms with Gasteiger partial charge in [-0.3, -0.25) is 24.0 Å². The van der Waals surface area contributed by atoms with Crippen LogP contribution in [-0.4, -0.2) is 540 Å². The first kappa shape index (κ1) is 104. The van der Waals surface area contributed by atoms with Crippen molar-refractivity contribution >= 4 is 29.5 Å². The highest BCUT2D eigenvalue weighted by Gasteiger charge is 2.62. The average Bonchev–Trinajstić information content (AvgIpc) is 0.770. The molecule has 10 aliphatic rings. The van der Waals surface area contributed by atoms with Crippen LogP contribution in [0.15, 0.2) is 0 Å². The highest BCUT2D eigenvalue weighted by molar-refractivity contribution is 5.75. The number of aliphatic hydroxyl groups excluding tert-OH is 27. The molecule has 0 bridgehead atoms. The fourth-order valence-electron chi connectivity index (χ4n) is 16.3. The molecule has 10 rings (SSSR count). The summed E-state index contributed by atoms with van der Waals surface area (Å²) in [4.78, 5) is 63.2. The molecule has 0 aliphatic carbocycles. The van der Waals surface area contributed by atoms with Crippen molar-refractivity contribution in [1.29, 1.82) is 0 Å². The van der Waals surface area contributed by atoms with E-state index in [-0.39, 0.29) is 0 Å². The van der Waals surface area contributed by atoms with E-state index in [2.05, 4.69) is 26.6 Å². The predicted molar refractivity (Wildman–Crippen MR) is 388 cm³/mol. The Morgan fingerprint density at radius 1 is 0.206 bits per heavy atom. The van der Waals surface area contributed by atoms with Crippen molar-refractivity contribution in [1.82, 2.24) is 26.6 Å². The fourth-order valence-corrected chi connectivity index (χ4v) is 16.3. The van der Waals surface area contributed by atoms with E-state index < -0.39 is 402 Å². The molecule has 5 amide bonds. The Bertz CT molecular complexity index is 3440. The predicted octanol–water partition coefficient (Wildman–Crippen LogP) is -22.1. The Labute approximate surface area is 713 Å². The van der Waals surface area contributed by atoms with Gasteiger partial charge in [0.05, 0.1) is 66.1 Å². The minimum atomic E-state index is -2.55. The Kier molecular flexibility index (Phi) is 37.4. The van der Waals surface area contributed by atoms with E-state index in [1.807, 2.05) is 0 Å². The molecule has 10 heterocycles. The van der Waals surface area contributed by atoms with Gasteiger partial charge < -0.3 is 254 Å². The number of ether oxygens (including phenoxy) is 19. The summed E-state index contributed by atoms with van der Waals surface area (Å²) in [6, 6.07) is -9.19. The number of hydrogen-bond acceptors (Lipinski definition) is 51. The van der Waals surface area contributed by atoms with Crippen LogP contribution in [-0.2, 0) is 114 Å². The number of rotatable bonds is 33. The van der Waals surface area contributed by atoms with Crippen LogP contribution in [0.3, 0.4) is 0 Å². The van der Waals surface area contributed by atoms with Crippen LogP contribution in [0, 0.1) is 0 Å². The average molecular weight is 1840 g/mol. The Hall–Kier alpha value is -4.49. The van der Waals surface area contributed by atoms with Crippen LogP contribution < -0.4 is 26.6 Å². The quantitative estimate of drug-likeness (QED) is 0.0290. The molecule has 10 fully saturated rings. The maximum absolute atomic E-state index is 13.2. The first-order valence-corrected chi connectivity index (χ1v) is 40.1. The maximum atomic E-state index is 13.2. The molecule has 0 aromatic heterocycles. The van der Waals surface area contributed by atoms with Crippen LogP contribution in [0.4, 0.5) is 0 Å². The van der Waals surface area contributed by atoms with E-state index in [0.29, 0.717) is 0 Å². The van der Waals surface area contributed by atoms with Gasteiger partial charge in [0.2, 0.25) is 29.5 Å². The molecule has 0 radical (unpaired) electrons. The molecule has 56 nitrogen and oxygen atoms in total. The molecule has 0 spiro atoms. The molecule has 56 heteroatoms. The summed E-state index contributed by atoms with van der Waals surface area (Å²) in [6.45, 7) is -6.36. The summed E-state index contributed by atoms with van der Waals surface area (Å²) < 4.78 is 113. The third-order valence-electron chi connectivity index (χ3n) is 22.9. The van der Waals surface area contributed by atoms with Gasteiger partial charge in [0.15, 0.2) is 62.9 Å². The van der Waals surface area contributed by atoms with Gasteiger partial charge in [-0.1, -0.05) is 0 Å². The third kappa shape index (κ3) is 22.9. The summed E-state index contributed by atoms with van der Waals surface area (Å²) in [6.07, 6.45) is -94.7. The topological polar surface area (TPSA) is 867 Å². The summed E-state index contributed by atoms with van der Waals surface area (Å²) in [5.41, 5.74) is 0. The molecule has 126 heavy (non-hydrogen) atoms. The van der Waals surface area contributed by atoms with Crippen LogP contribution in [0.5, 0.6) is 0 Å². The Balaban J connectivity index is 0.925. The van der Waals surface area contributed by atoms with Crippen molar-refractivity contribution < 1.29 is 252 Å². The minimum absolute atomic E-state index is 0.809. The normalized spacial score (nSPS) is 48.4. The van der Waals surface area contributed by atoms with Gasteiger partial charge in [0, 0.05) is 34.6 Å². The molecule has 0 aromatic carbocycles. The molecule has 50 atom stereocenters. The molecule has 0 aromatic rings. The van der Waals surface area contributed by atoms with Crippen molar-refractivity contribution in [3.05, 3.63) is 0 Å². The SMILES string of the molecule is CC(=O)N[C@@H]1[C@@H](O)[C@H](O[C@@H]2O[C@H](CO[C@H]3O[C@H](CO)[C@@H](O)[C@H](O)[C@@H]3O[C@@H]3O[C@H](CO)[C@@H](O[C@@H]4O[C@H](CO)[C@H](O)[C@H](O[C@@H]5O[C@H](CO)[C@@H](O)[C@H](O)[C@H]5NC(C)=O)[C@H]4O)[C@H](O)[C@H]3NC(C)=O)[C@@H](O)[C@H](O[C@H]3O[C@H](CO)[C@@H](O)[C@H](O)[C@@H]3O[C@@H]3O[C@H](CO)[C@@H](O[C@@H]4O[C@H](CO)[C@H](O)[C@H](O[C@@H]5O[C@H](CO)[C@@H](O)[C@H](O)[C@H]5NC(C)=O)[C@H]4O)[C@H](O)[C@H]3NC(C)=O)[C@@H]2O)[C@@H](CO)O[C@H]1O. The van der Waals surface area contributed by atoms with E-state index in [1.54, 1.807) is 0 Å². The number of hydrogen-bond donors (Lipinski definition) is 32. The zero-order chi connectivity index (χ0) is 92.8. The molecule has 0 saturated carbocycles. The van der Waals surface area contributed by atoms with Crippen molar-refractivity contribution in [2.75, 3.05) is 66.1 Å². The van der Waals surface area contributed by atoms with E-state index in [0.717, 1.165) is 34.6 Å². The number of carbonyl (C=O) groups is 5. The number of aliphatic hydroxyl groups is 27. The van der Waals surface area contributed by atoms with E-state index >= 15 is 0 Å². The van der Waals surface area contributed by atoms with Crippen molar-refractivity contribution in [2.24, 2.45) is 0 Å². The lowest BCUT2D eigenvalue weighted by atomic mass is 9.94. The molecule has 10 aliphatic heterocycles. The molecule has 32 N–H and O–H groups in total. The molecule has 728 valence electrons. The summed E-state index contributed by atoms with van der Waals surface area (Å²) >= 11 is 0. The maximum Gasteiger partial charge on any atom is 0.217 e. The van der Waals surface area contributed by atoms with Crippen molar-refractivity contribution in [3.63, 3.8) is 0 Å². The smallest absolute Gasteiger partial charge is 0.217 e. The molecular formula is C70H117N5O51. The fraction of sp³-hybridized carbons (Fsp3) is 0.929. The summed E-state index contributed by atoms with van der Waals surface area (Å²) in [7, 11) is 0. The van der Waals surface area contributed by atoms with Crippen LogP contribution in [0.25, 0.3) is 0 Å². The second-order valence-electron chi connectivity index (χ2n) is 31.7. The van der Waals surface area contributed by atoms with Gasteiger partial charge in [-0.15, -0.1) is 0 Å². The van der Waals surface area contributed by atoms with Gasteiger partial charge in [0.25, 0.3) is 0 Å². The first-order valence-electron chi connectivity index (χ1n) is 40.1. The second-order valence-corrected chi connectivity index (χ2v) is 31.7. The number of nitrogens with one attached hydrogen (secondary N) is 5. The summed E-state index contributed by atoms with van der Waals surface area (Å²) in [5.74, 6) is -4.49. The number of carbonyl (C=O) groups excluding carboxylic acids is 5. The van der Waals surface area contributed by atoms with E-state index in [4.69, 9.17) is 90.0 Å². The Morgan fingerprint density at radius 2 is 0.421 bits per heavy atom. The second kappa shape index (κ2) is 45.5. The first-order chi connectivity index (χ1) is 59.6. The van der Waals surface area contributed by atoms with Gasteiger partial charge >= 0.3 is 0 Å². The number of amides is 5. The van der Waals surface area contributed by atoms with Gasteiger partial charge in [-0.05, 0) is 0 Å². The van der Waals surface area contributed by atoms with Gasteiger partial charge in [0.1, 0.15) is 244 Å². The minimum Gasteiger partial charge on any atom is -0.394 e. The molecular weight excluding hydrogens is 1730 g/mol. The van der Waals surface area contributed by atoms with Gasteiger partial charge in [-0.25, -0.2) is 0 Å². The largest absolute Gasteiger partial charge is 0.394 e. The lowest BCUT2D eigenvalue weighted by Gasteiger charge is -2.51. The Morgan fingerprint density at radius 3 is 0.746 bits per heavy atom. The lowest BCUT2D eigenvalue weighted by molar-refractivity contribution is -0.399. The van der Waals surface area contributed by atoms with E-state index in [1.165, 1.54) is 0 Å². The third-order valence-corrected chi connectivity index (χ3v) is 22.9. The standard InChI is InChI=1S/C70H117N5O51/c1-16(85)71-31-45(99)53(27(12-82)109-61(31)107)119-68-52(106)58(124-70-60(49(103)39(93)24(9-79)115-70)126-65-35(75-20(5)89)47(101)55(29(14-84)117-65)121-67-51(105)57(41(95)26(11-81)113-67)123-63-33(73-18(3)87)44(98)37(91)22(7-77)111-63)42(96)30(118-68)15-108-69-59(48(102)38(92)23(8-78)114-69)125-64-34(74-19(4)88)46(100)54(28(13-83)116-64)120-66-50(104)56(40(94)25(10-80)112-66)122-62-32(72-17(2)86)43(97)36(90)21(6-76)110-62/h21-70,76-84,90-107H,6-15H2,1-5H3,(H,71,85)(H,72,86)(H,73,87)(H,74,88)(H,75,89)/t21-,22-,23-,24-,25-,26-,27-,28-,29-,30-,31-,32-,33-,34-,35-,36-,37-,38-,39-,40+,41+,42-,43-,44-,45-,46-,47-,48+,49+,50-,51-,52+,53-,54-,55-,56+,57+,58+,59+,60+,61-,62+,63+,64+,65+,66+,67+,68+,69+,70-/m1/s1.